The van der Waals surface area contributed by atoms with E-state index in [9.17, 15) is 9.90 Å². The molecule has 0 aliphatic rings. The van der Waals surface area contributed by atoms with Crippen molar-refractivity contribution in [2.24, 2.45) is 5.92 Å². The van der Waals surface area contributed by atoms with Crippen LogP contribution in [0.4, 0.5) is 0 Å². The molecule has 1 aromatic rings. The normalized spacial score (nSPS) is 12.3. The van der Waals surface area contributed by atoms with Gasteiger partial charge in [-0.1, -0.05) is 13.8 Å². The molecule has 5 nitrogen and oxygen atoms in total. The zero-order valence-electron chi connectivity index (χ0n) is 10.8. The zero-order valence-corrected chi connectivity index (χ0v) is 10.8. The fraction of sp³-hybridized carbons (Fsp3) is 0.462. The van der Waals surface area contributed by atoms with Crippen molar-refractivity contribution in [3.8, 4) is 11.5 Å². The van der Waals surface area contributed by atoms with E-state index in [1.54, 1.807) is 6.07 Å². The first kappa shape index (κ1) is 14.3. The highest BCUT2D eigenvalue weighted by Crippen LogP contribution is 2.26. The van der Waals surface area contributed by atoms with E-state index in [0.29, 0.717) is 11.3 Å². The molecule has 0 aliphatic carbocycles. The van der Waals surface area contributed by atoms with Crippen molar-refractivity contribution in [3.05, 3.63) is 23.8 Å². The van der Waals surface area contributed by atoms with Gasteiger partial charge in [0.2, 0.25) is 0 Å². The fourth-order valence-corrected chi connectivity index (χ4v) is 1.51. The number of carbonyl (C=O) groups excluding carboxylic acids is 1. The number of phenolic OH excluding ortho intramolecular Hbond substituents is 1. The Morgan fingerprint density at radius 1 is 1.44 bits per heavy atom. The Morgan fingerprint density at radius 2 is 2.11 bits per heavy atom. The molecule has 1 amide bonds. The quantitative estimate of drug-likeness (QED) is 0.735. The lowest BCUT2D eigenvalue weighted by Gasteiger charge is -2.20. The van der Waals surface area contributed by atoms with E-state index in [-0.39, 0.29) is 30.2 Å². The number of benzene rings is 1. The van der Waals surface area contributed by atoms with Crippen LogP contribution in [0.1, 0.15) is 24.2 Å². The molecule has 18 heavy (non-hydrogen) atoms. The SMILES string of the molecule is COc1ccc(C(=O)NC(CO)C(C)C)cc1O. The number of aliphatic hydroxyl groups is 1. The number of hydrogen-bond donors (Lipinski definition) is 3. The zero-order chi connectivity index (χ0) is 13.7. The molecule has 1 unspecified atom stereocenters. The molecule has 100 valence electrons. The molecular formula is C13H19NO4. The van der Waals surface area contributed by atoms with E-state index < -0.39 is 0 Å². The maximum Gasteiger partial charge on any atom is 0.251 e. The smallest absolute Gasteiger partial charge is 0.251 e. The van der Waals surface area contributed by atoms with Crippen LogP contribution in [0, 0.1) is 5.92 Å². The summed E-state index contributed by atoms with van der Waals surface area (Å²) < 4.78 is 4.90. The molecule has 0 spiro atoms. The molecular weight excluding hydrogens is 234 g/mol. The number of phenols is 1. The number of ether oxygens (including phenoxy) is 1. The predicted molar refractivity (Wildman–Crippen MR) is 67.8 cm³/mol. The Labute approximate surface area is 106 Å². The van der Waals surface area contributed by atoms with Crippen molar-refractivity contribution >= 4 is 5.91 Å². The van der Waals surface area contributed by atoms with Gasteiger partial charge in [0.1, 0.15) is 0 Å². The molecule has 3 N–H and O–H groups in total. The average molecular weight is 253 g/mol. The van der Waals surface area contributed by atoms with Gasteiger partial charge in [-0.2, -0.15) is 0 Å². The second kappa shape index (κ2) is 6.26. The van der Waals surface area contributed by atoms with Crippen LogP contribution in [0.5, 0.6) is 11.5 Å². The topological polar surface area (TPSA) is 78.8 Å². The molecule has 0 bridgehead atoms. The van der Waals surface area contributed by atoms with E-state index in [4.69, 9.17) is 9.84 Å². The van der Waals surface area contributed by atoms with Crippen molar-refractivity contribution in [2.75, 3.05) is 13.7 Å². The van der Waals surface area contributed by atoms with Crippen molar-refractivity contribution in [2.45, 2.75) is 19.9 Å². The summed E-state index contributed by atoms with van der Waals surface area (Å²) in [6.45, 7) is 3.70. The summed E-state index contributed by atoms with van der Waals surface area (Å²) in [5, 5.41) is 21.4. The number of methoxy groups -OCH3 is 1. The molecule has 0 saturated carbocycles. The molecule has 1 atom stereocenters. The van der Waals surface area contributed by atoms with Gasteiger partial charge in [-0.25, -0.2) is 0 Å². The number of nitrogens with one attached hydrogen (secondary N) is 1. The van der Waals surface area contributed by atoms with Gasteiger partial charge in [0.05, 0.1) is 19.8 Å². The number of rotatable bonds is 5. The first-order chi connectivity index (χ1) is 8.49. The van der Waals surface area contributed by atoms with Gasteiger partial charge in [-0.15, -0.1) is 0 Å². The monoisotopic (exact) mass is 253 g/mol. The Kier molecular flexibility index (Phi) is 4.97. The van der Waals surface area contributed by atoms with Gasteiger partial charge < -0.3 is 20.3 Å². The van der Waals surface area contributed by atoms with Crippen molar-refractivity contribution in [3.63, 3.8) is 0 Å². The third-order valence-corrected chi connectivity index (χ3v) is 2.76. The Hall–Kier alpha value is -1.75. The minimum absolute atomic E-state index is 0.0877. The highest BCUT2D eigenvalue weighted by molar-refractivity contribution is 5.95. The van der Waals surface area contributed by atoms with E-state index in [1.807, 2.05) is 13.8 Å². The summed E-state index contributed by atoms with van der Waals surface area (Å²) in [5.41, 5.74) is 0.326. The molecule has 0 aromatic heterocycles. The minimum Gasteiger partial charge on any atom is -0.504 e. The Bertz CT molecular complexity index is 417. The van der Waals surface area contributed by atoms with E-state index in [0.717, 1.165) is 0 Å². The molecule has 0 fully saturated rings. The minimum atomic E-state index is -0.333. The maximum atomic E-state index is 11.9. The van der Waals surface area contributed by atoms with Crippen LogP contribution in [0.25, 0.3) is 0 Å². The summed E-state index contributed by atoms with van der Waals surface area (Å²) in [6.07, 6.45) is 0. The van der Waals surface area contributed by atoms with E-state index >= 15 is 0 Å². The summed E-state index contributed by atoms with van der Waals surface area (Å²) >= 11 is 0. The summed E-state index contributed by atoms with van der Waals surface area (Å²) in [4.78, 5) is 11.9. The maximum absolute atomic E-state index is 11.9. The highest BCUT2D eigenvalue weighted by Gasteiger charge is 2.17. The molecule has 0 saturated heterocycles. The van der Waals surface area contributed by atoms with Gasteiger partial charge in [0.15, 0.2) is 11.5 Å². The van der Waals surface area contributed by atoms with Crippen LogP contribution >= 0.6 is 0 Å². The van der Waals surface area contributed by atoms with Crippen molar-refractivity contribution in [1.29, 1.82) is 0 Å². The Morgan fingerprint density at radius 3 is 2.56 bits per heavy atom. The number of aromatic hydroxyl groups is 1. The second-order valence-corrected chi connectivity index (χ2v) is 4.39. The van der Waals surface area contributed by atoms with E-state index in [1.165, 1.54) is 19.2 Å². The number of carbonyl (C=O) groups is 1. The van der Waals surface area contributed by atoms with Crippen LogP contribution in [0.2, 0.25) is 0 Å². The summed E-state index contributed by atoms with van der Waals surface area (Å²) in [7, 11) is 1.44. The first-order valence-corrected chi connectivity index (χ1v) is 5.78. The number of amides is 1. The third-order valence-electron chi connectivity index (χ3n) is 2.76. The van der Waals surface area contributed by atoms with E-state index in [2.05, 4.69) is 5.32 Å². The van der Waals surface area contributed by atoms with Gasteiger partial charge in [-0.3, -0.25) is 4.79 Å². The van der Waals surface area contributed by atoms with Gasteiger partial charge in [-0.05, 0) is 24.1 Å². The van der Waals surface area contributed by atoms with Crippen molar-refractivity contribution < 1.29 is 19.7 Å². The number of hydrogen-bond acceptors (Lipinski definition) is 4. The standard InChI is InChI=1S/C13H19NO4/c1-8(2)10(7-15)14-13(17)9-4-5-12(18-3)11(16)6-9/h4-6,8,10,15-16H,7H2,1-3H3,(H,14,17). The summed E-state index contributed by atoms with van der Waals surface area (Å²) in [6, 6.07) is 4.11. The molecule has 5 heteroatoms. The van der Waals surface area contributed by atoms with Crippen molar-refractivity contribution in [1.82, 2.24) is 5.32 Å². The lowest BCUT2D eigenvalue weighted by molar-refractivity contribution is 0.0896. The van der Waals surface area contributed by atoms with Gasteiger partial charge in [0, 0.05) is 5.56 Å². The first-order valence-electron chi connectivity index (χ1n) is 5.78. The lowest BCUT2D eigenvalue weighted by atomic mass is 10.0. The largest absolute Gasteiger partial charge is 0.504 e. The second-order valence-electron chi connectivity index (χ2n) is 4.39. The van der Waals surface area contributed by atoms with Crippen LogP contribution in [-0.2, 0) is 0 Å². The fourth-order valence-electron chi connectivity index (χ4n) is 1.51. The summed E-state index contributed by atoms with van der Waals surface area (Å²) in [5.74, 6) is 0.0239. The third kappa shape index (κ3) is 3.37. The van der Waals surface area contributed by atoms with Gasteiger partial charge in [0.25, 0.3) is 5.91 Å². The number of aliphatic hydroxyl groups excluding tert-OH is 1. The van der Waals surface area contributed by atoms with Crippen LogP contribution in [0.15, 0.2) is 18.2 Å². The van der Waals surface area contributed by atoms with Crippen LogP contribution in [0.3, 0.4) is 0 Å². The molecule has 1 rings (SSSR count). The van der Waals surface area contributed by atoms with Crippen LogP contribution in [-0.4, -0.2) is 35.9 Å². The highest BCUT2D eigenvalue weighted by atomic mass is 16.5. The molecule has 0 radical (unpaired) electrons. The molecule has 0 heterocycles. The molecule has 0 aliphatic heterocycles. The Balaban J connectivity index is 2.81. The van der Waals surface area contributed by atoms with Gasteiger partial charge >= 0.3 is 0 Å². The lowest BCUT2D eigenvalue weighted by Crippen LogP contribution is -2.41. The van der Waals surface area contributed by atoms with Crippen LogP contribution < -0.4 is 10.1 Å². The predicted octanol–water partition coefficient (Wildman–Crippen LogP) is 1.15. The average Bonchev–Trinajstić information content (AvgIpc) is 2.35. The molecule has 1 aromatic carbocycles.